The molecule has 0 saturated heterocycles. The van der Waals surface area contributed by atoms with Crippen LogP contribution in [0.1, 0.15) is 31.4 Å². The molecule has 4 heteroatoms. The quantitative estimate of drug-likeness (QED) is 0.785. The van der Waals surface area contributed by atoms with Gasteiger partial charge >= 0.3 is 0 Å². The predicted octanol–water partition coefficient (Wildman–Crippen LogP) is 1.92. The lowest BCUT2D eigenvalue weighted by Crippen LogP contribution is -2.18. The normalized spacial score (nSPS) is 13.7. The third kappa shape index (κ3) is 1.85. The van der Waals surface area contributed by atoms with Crippen molar-refractivity contribution in [3.8, 4) is 0 Å². The Hall–Kier alpha value is -1.42. The van der Waals surface area contributed by atoms with Crippen LogP contribution in [0.15, 0.2) is 12.1 Å². The smallest absolute Gasteiger partial charge is 0.177 e. The minimum Gasteiger partial charge on any atom is -0.339 e. The maximum atomic E-state index is 6.02. The van der Waals surface area contributed by atoms with Gasteiger partial charge < -0.3 is 10.7 Å². The molecule has 2 aromatic heterocycles. The number of imidazole rings is 1. The summed E-state index contributed by atoms with van der Waals surface area (Å²) in [6, 6.07) is 3.89. The van der Waals surface area contributed by atoms with Gasteiger partial charge in [-0.05, 0) is 25.0 Å². The average Bonchev–Trinajstić information content (AvgIpc) is 2.58. The molecule has 15 heavy (non-hydrogen) atoms. The summed E-state index contributed by atoms with van der Waals surface area (Å²) in [5.74, 6) is 1.18. The monoisotopic (exact) mass is 204 g/mol. The number of pyridine rings is 1. The van der Waals surface area contributed by atoms with Gasteiger partial charge in [-0.15, -0.1) is 0 Å². The Morgan fingerprint density at radius 2 is 2.00 bits per heavy atom. The molecular weight excluding hydrogens is 188 g/mol. The maximum absolute atomic E-state index is 6.02. The number of hydrogen-bond acceptors (Lipinski definition) is 3. The molecule has 0 aromatic carbocycles. The summed E-state index contributed by atoms with van der Waals surface area (Å²) in [6.07, 6.45) is 0. The molecule has 0 saturated carbocycles. The first kappa shape index (κ1) is 10.1. The van der Waals surface area contributed by atoms with Crippen LogP contribution in [-0.2, 0) is 0 Å². The zero-order valence-corrected chi connectivity index (χ0v) is 9.28. The molecule has 0 aliphatic carbocycles. The van der Waals surface area contributed by atoms with Crippen LogP contribution in [0.5, 0.6) is 0 Å². The van der Waals surface area contributed by atoms with Crippen LogP contribution in [0.4, 0.5) is 0 Å². The standard InChI is InChI=1S/C11H16N4/c1-6(2)9(12)11-14-8-5-4-7(3)13-10(8)15-11/h4-6,9H,12H2,1-3H3,(H,13,14,15). The second-order valence-electron chi connectivity index (χ2n) is 4.22. The minimum absolute atomic E-state index is 0.0560. The summed E-state index contributed by atoms with van der Waals surface area (Å²) < 4.78 is 0. The molecule has 2 rings (SSSR count). The van der Waals surface area contributed by atoms with Crippen molar-refractivity contribution in [1.82, 2.24) is 15.0 Å². The Morgan fingerprint density at radius 3 is 2.67 bits per heavy atom. The SMILES string of the molecule is Cc1ccc2[nH]c(C(N)C(C)C)nc2n1. The van der Waals surface area contributed by atoms with E-state index in [1.807, 2.05) is 19.1 Å². The average molecular weight is 204 g/mol. The van der Waals surface area contributed by atoms with E-state index in [9.17, 15) is 0 Å². The van der Waals surface area contributed by atoms with Gasteiger partial charge in [0.1, 0.15) is 5.82 Å². The molecule has 0 bridgehead atoms. The second kappa shape index (κ2) is 3.62. The fourth-order valence-corrected chi connectivity index (χ4v) is 1.48. The van der Waals surface area contributed by atoms with Gasteiger partial charge in [-0.2, -0.15) is 0 Å². The van der Waals surface area contributed by atoms with Gasteiger partial charge in [-0.25, -0.2) is 9.97 Å². The number of aromatic nitrogens is 3. The lowest BCUT2D eigenvalue weighted by Gasteiger charge is -2.11. The van der Waals surface area contributed by atoms with E-state index in [1.54, 1.807) is 0 Å². The van der Waals surface area contributed by atoms with E-state index in [1.165, 1.54) is 0 Å². The van der Waals surface area contributed by atoms with Crippen molar-refractivity contribution in [2.75, 3.05) is 0 Å². The number of rotatable bonds is 2. The van der Waals surface area contributed by atoms with Crippen molar-refractivity contribution in [3.63, 3.8) is 0 Å². The topological polar surface area (TPSA) is 67.6 Å². The van der Waals surface area contributed by atoms with Crippen molar-refractivity contribution in [2.24, 2.45) is 11.7 Å². The van der Waals surface area contributed by atoms with Crippen LogP contribution in [0, 0.1) is 12.8 Å². The van der Waals surface area contributed by atoms with Gasteiger partial charge in [0.05, 0.1) is 11.6 Å². The molecule has 0 radical (unpaired) electrons. The van der Waals surface area contributed by atoms with E-state index < -0.39 is 0 Å². The third-order valence-corrected chi connectivity index (χ3v) is 2.54. The Morgan fingerprint density at radius 1 is 1.27 bits per heavy atom. The molecule has 2 aromatic rings. The fourth-order valence-electron chi connectivity index (χ4n) is 1.48. The van der Waals surface area contributed by atoms with Crippen molar-refractivity contribution < 1.29 is 0 Å². The molecule has 0 fully saturated rings. The fraction of sp³-hybridized carbons (Fsp3) is 0.455. The Bertz CT molecular complexity index is 472. The van der Waals surface area contributed by atoms with Gasteiger partial charge in [-0.3, -0.25) is 0 Å². The molecule has 2 heterocycles. The summed E-state index contributed by atoms with van der Waals surface area (Å²) in [5, 5.41) is 0. The number of nitrogens with zero attached hydrogens (tertiary/aromatic N) is 2. The van der Waals surface area contributed by atoms with Gasteiger partial charge in [0.25, 0.3) is 0 Å². The summed E-state index contributed by atoms with van der Waals surface area (Å²) in [4.78, 5) is 11.9. The third-order valence-electron chi connectivity index (χ3n) is 2.54. The number of hydrogen-bond donors (Lipinski definition) is 2. The molecule has 0 aliphatic heterocycles. The van der Waals surface area contributed by atoms with Crippen molar-refractivity contribution in [1.29, 1.82) is 0 Å². The number of H-pyrrole nitrogens is 1. The summed E-state index contributed by atoms with van der Waals surface area (Å²) in [7, 11) is 0. The predicted molar refractivity (Wildman–Crippen MR) is 60.4 cm³/mol. The largest absolute Gasteiger partial charge is 0.339 e. The van der Waals surface area contributed by atoms with E-state index in [-0.39, 0.29) is 6.04 Å². The van der Waals surface area contributed by atoms with E-state index in [4.69, 9.17) is 5.73 Å². The molecule has 80 valence electrons. The number of nitrogens with one attached hydrogen (secondary N) is 1. The van der Waals surface area contributed by atoms with Crippen LogP contribution in [-0.4, -0.2) is 15.0 Å². The Balaban J connectivity index is 2.47. The van der Waals surface area contributed by atoms with Crippen LogP contribution < -0.4 is 5.73 Å². The number of aryl methyl sites for hydroxylation is 1. The maximum Gasteiger partial charge on any atom is 0.177 e. The second-order valence-corrected chi connectivity index (χ2v) is 4.22. The first-order valence-electron chi connectivity index (χ1n) is 5.17. The Kier molecular flexibility index (Phi) is 2.44. The van der Waals surface area contributed by atoms with Gasteiger partial charge in [0.15, 0.2) is 5.65 Å². The van der Waals surface area contributed by atoms with Gasteiger partial charge in [0, 0.05) is 5.69 Å². The first-order valence-corrected chi connectivity index (χ1v) is 5.17. The zero-order chi connectivity index (χ0) is 11.0. The van der Waals surface area contributed by atoms with Crippen molar-refractivity contribution >= 4 is 11.2 Å². The van der Waals surface area contributed by atoms with Crippen LogP contribution >= 0.6 is 0 Å². The van der Waals surface area contributed by atoms with Gasteiger partial charge in [-0.1, -0.05) is 13.8 Å². The molecule has 0 amide bonds. The number of nitrogens with two attached hydrogens (primary N) is 1. The van der Waals surface area contributed by atoms with E-state index in [2.05, 4.69) is 28.8 Å². The minimum atomic E-state index is -0.0560. The number of aromatic amines is 1. The first-order chi connectivity index (χ1) is 7.08. The highest BCUT2D eigenvalue weighted by Gasteiger charge is 2.14. The lowest BCUT2D eigenvalue weighted by atomic mass is 10.1. The highest BCUT2D eigenvalue weighted by molar-refractivity contribution is 5.70. The van der Waals surface area contributed by atoms with Crippen LogP contribution in [0.25, 0.3) is 11.2 Å². The highest BCUT2D eigenvalue weighted by atomic mass is 15.0. The zero-order valence-electron chi connectivity index (χ0n) is 9.28. The van der Waals surface area contributed by atoms with E-state index in [0.717, 1.165) is 22.7 Å². The summed E-state index contributed by atoms with van der Waals surface area (Å²) in [6.45, 7) is 6.11. The van der Waals surface area contributed by atoms with E-state index >= 15 is 0 Å². The summed E-state index contributed by atoms with van der Waals surface area (Å²) in [5.41, 5.74) is 8.69. The molecule has 1 atom stereocenters. The Labute approximate surface area is 88.9 Å². The number of fused-ring (bicyclic) bond motifs is 1. The van der Waals surface area contributed by atoms with E-state index in [0.29, 0.717) is 5.92 Å². The molecular formula is C11H16N4. The summed E-state index contributed by atoms with van der Waals surface area (Å²) >= 11 is 0. The highest BCUT2D eigenvalue weighted by Crippen LogP contribution is 2.18. The van der Waals surface area contributed by atoms with Crippen LogP contribution in [0.3, 0.4) is 0 Å². The molecule has 1 unspecified atom stereocenters. The van der Waals surface area contributed by atoms with Gasteiger partial charge in [0.2, 0.25) is 0 Å². The molecule has 0 spiro atoms. The lowest BCUT2D eigenvalue weighted by molar-refractivity contribution is 0.495. The van der Waals surface area contributed by atoms with Crippen molar-refractivity contribution in [3.05, 3.63) is 23.7 Å². The molecule has 0 aliphatic rings. The molecule has 4 nitrogen and oxygen atoms in total. The molecule has 3 N–H and O–H groups in total. The van der Waals surface area contributed by atoms with Crippen molar-refractivity contribution in [2.45, 2.75) is 26.8 Å². The van der Waals surface area contributed by atoms with Crippen LogP contribution in [0.2, 0.25) is 0 Å².